The van der Waals surface area contributed by atoms with Gasteiger partial charge >= 0.3 is 0 Å². The Hall–Kier alpha value is -0.610. The molecule has 1 unspecified atom stereocenters. The van der Waals surface area contributed by atoms with Crippen molar-refractivity contribution in [2.75, 3.05) is 20.6 Å². The summed E-state index contributed by atoms with van der Waals surface area (Å²) in [5.41, 5.74) is 0. The van der Waals surface area contributed by atoms with Crippen molar-refractivity contribution in [2.24, 2.45) is 0 Å². The van der Waals surface area contributed by atoms with Gasteiger partial charge in [0.15, 0.2) is 0 Å². The maximum atomic E-state index is 11.2. The molecule has 0 aromatic rings. The van der Waals surface area contributed by atoms with Crippen molar-refractivity contribution in [2.45, 2.75) is 18.6 Å². The van der Waals surface area contributed by atoms with E-state index in [-0.39, 0.29) is 18.1 Å². The van der Waals surface area contributed by atoms with Gasteiger partial charge in [-0.3, -0.25) is 4.79 Å². The Kier molecular flexibility index (Phi) is 2.46. The molecule has 2 atom stereocenters. The molecule has 4 heteroatoms. The van der Waals surface area contributed by atoms with Crippen molar-refractivity contribution in [1.82, 2.24) is 10.2 Å². The van der Waals surface area contributed by atoms with Crippen molar-refractivity contribution in [1.29, 1.82) is 0 Å². The summed E-state index contributed by atoms with van der Waals surface area (Å²) < 4.78 is 0. The van der Waals surface area contributed by atoms with E-state index < -0.39 is 0 Å². The Morgan fingerprint density at radius 3 is 2.64 bits per heavy atom. The maximum absolute atomic E-state index is 11.2. The topological polar surface area (TPSA) is 52.6 Å². The molecular weight excluding hydrogens is 144 g/mol. The number of nitrogens with one attached hydrogen (secondary N) is 1. The third kappa shape index (κ3) is 1.91. The van der Waals surface area contributed by atoms with E-state index in [9.17, 15) is 4.79 Å². The highest BCUT2D eigenvalue weighted by atomic mass is 16.3. The summed E-state index contributed by atoms with van der Waals surface area (Å²) in [7, 11) is 3.43. The highest BCUT2D eigenvalue weighted by molar-refractivity contribution is 5.81. The van der Waals surface area contributed by atoms with Gasteiger partial charge in [-0.1, -0.05) is 0 Å². The molecule has 1 aliphatic rings. The quantitative estimate of drug-likeness (QED) is 0.504. The summed E-state index contributed by atoms with van der Waals surface area (Å²) >= 11 is 0. The van der Waals surface area contributed by atoms with Gasteiger partial charge in [-0.25, -0.2) is 0 Å². The van der Waals surface area contributed by atoms with Crippen LogP contribution < -0.4 is 5.32 Å². The van der Waals surface area contributed by atoms with Crippen LogP contribution in [0.15, 0.2) is 0 Å². The first kappa shape index (κ1) is 8.49. The van der Waals surface area contributed by atoms with E-state index in [1.54, 1.807) is 14.1 Å². The van der Waals surface area contributed by atoms with Crippen LogP contribution in [0, 0.1) is 0 Å². The molecule has 1 rings (SSSR count). The van der Waals surface area contributed by atoms with Gasteiger partial charge in [0.05, 0.1) is 12.1 Å². The van der Waals surface area contributed by atoms with Gasteiger partial charge in [0.25, 0.3) is 0 Å². The molecule has 0 bridgehead atoms. The third-order valence-electron chi connectivity index (χ3n) is 1.85. The number of carbonyl (C=O) groups is 1. The summed E-state index contributed by atoms with van der Waals surface area (Å²) in [5, 5.41) is 12.0. The highest BCUT2D eigenvalue weighted by Crippen LogP contribution is 2.07. The number of carbonyl (C=O) groups excluding carboxylic acids is 1. The number of hydrogen-bond acceptors (Lipinski definition) is 3. The number of aliphatic hydroxyl groups is 1. The minimum absolute atomic E-state index is 0.0431. The van der Waals surface area contributed by atoms with Crippen LogP contribution in [0.5, 0.6) is 0 Å². The molecule has 1 aliphatic heterocycles. The summed E-state index contributed by atoms with van der Waals surface area (Å²) in [6.07, 6.45) is 0.181. The normalized spacial score (nSPS) is 30.5. The van der Waals surface area contributed by atoms with E-state index >= 15 is 0 Å². The Balaban J connectivity index is 2.43. The number of β-amino-alcohol motifs (C(OH)–C–C–N with tert-alkyl or cyclic N) is 1. The maximum Gasteiger partial charge on any atom is 0.239 e. The second kappa shape index (κ2) is 3.19. The van der Waals surface area contributed by atoms with Crippen molar-refractivity contribution < 1.29 is 9.90 Å². The molecule has 11 heavy (non-hydrogen) atoms. The number of rotatable bonds is 1. The molecule has 4 nitrogen and oxygen atoms in total. The van der Waals surface area contributed by atoms with Crippen molar-refractivity contribution in [3.8, 4) is 0 Å². The molecule has 1 fully saturated rings. The fourth-order valence-electron chi connectivity index (χ4n) is 1.22. The molecule has 1 heterocycles. The van der Waals surface area contributed by atoms with Crippen LogP contribution in [0.4, 0.5) is 0 Å². The highest BCUT2D eigenvalue weighted by Gasteiger charge is 2.28. The molecule has 64 valence electrons. The lowest BCUT2D eigenvalue weighted by molar-refractivity contribution is -0.130. The van der Waals surface area contributed by atoms with Gasteiger partial charge in [0.2, 0.25) is 5.91 Å². The second-order valence-electron chi connectivity index (χ2n) is 3.08. The summed E-state index contributed by atoms with van der Waals surface area (Å²) in [4.78, 5) is 12.8. The minimum atomic E-state index is -0.358. The number of hydrogen-bond donors (Lipinski definition) is 2. The molecule has 0 aromatic carbocycles. The van der Waals surface area contributed by atoms with Crippen LogP contribution >= 0.6 is 0 Å². The Bertz CT molecular complexity index is 159. The van der Waals surface area contributed by atoms with Crippen LogP contribution in [0.25, 0.3) is 0 Å². The molecule has 1 amide bonds. The zero-order chi connectivity index (χ0) is 8.43. The number of likely N-dealkylation sites (N-methyl/N-ethyl adjacent to an activating group) is 1. The second-order valence-corrected chi connectivity index (χ2v) is 3.08. The average molecular weight is 158 g/mol. The van der Waals surface area contributed by atoms with Gasteiger partial charge in [-0.2, -0.15) is 0 Å². The fraction of sp³-hybridized carbons (Fsp3) is 0.857. The first-order chi connectivity index (χ1) is 5.11. The van der Waals surface area contributed by atoms with Crippen LogP contribution in [-0.4, -0.2) is 48.7 Å². The third-order valence-corrected chi connectivity index (χ3v) is 1.85. The summed E-state index contributed by atoms with van der Waals surface area (Å²) in [6, 6.07) is -0.181. The SMILES string of the molecule is CN(C)C(=O)[C@@H]1CC(O)CN1. The molecule has 0 spiro atoms. The molecular formula is C7H14N2O2. The monoisotopic (exact) mass is 158 g/mol. The Labute approximate surface area is 66.2 Å². The molecule has 0 aliphatic carbocycles. The van der Waals surface area contributed by atoms with Crippen LogP contribution in [0.3, 0.4) is 0 Å². The predicted molar refractivity (Wildman–Crippen MR) is 41.1 cm³/mol. The van der Waals surface area contributed by atoms with Crippen molar-refractivity contribution in [3.63, 3.8) is 0 Å². The van der Waals surface area contributed by atoms with Gasteiger partial charge < -0.3 is 15.3 Å². The Morgan fingerprint density at radius 2 is 2.27 bits per heavy atom. The first-order valence-electron chi connectivity index (χ1n) is 3.74. The summed E-state index contributed by atoms with van der Waals surface area (Å²) in [5.74, 6) is 0.0431. The van der Waals surface area contributed by atoms with Gasteiger partial charge in [0, 0.05) is 20.6 Å². The molecule has 0 aromatic heterocycles. The van der Waals surface area contributed by atoms with Gasteiger partial charge in [0.1, 0.15) is 0 Å². The predicted octanol–water partition coefficient (Wildman–Crippen LogP) is -1.20. The lowest BCUT2D eigenvalue weighted by atomic mass is 10.2. The van der Waals surface area contributed by atoms with E-state index in [0.717, 1.165) is 0 Å². The number of nitrogens with zero attached hydrogens (tertiary/aromatic N) is 1. The fourth-order valence-corrected chi connectivity index (χ4v) is 1.22. The van der Waals surface area contributed by atoms with Crippen LogP contribution in [-0.2, 0) is 4.79 Å². The van der Waals surface area contributed by atoms with E-state index in [4.69, 9.17) is 5.11 Å². The lowest BCUT2D eigenvalue weighted by Crippen LogP contribution is -2.39. The van der Waals surface area contributed by atoms with Gasteiger partial charge in [-0.05, 0) is 6.42 Å². The van der Waals surface area contributed by atoms with E-state index in [1.807, 2.05) is 0 Å². The zero-order valence-corrected chi connectivity index (χ0v) is 6.87. The average Bonchev–Trinajstić information content (AvgIpc) is 2.34. The number of aliphatic hydroxyl groups excluding tert-OH is 1. The van der Waals surface area contributed by atoms with Crippen LogP contribution in [0.1, 0.15) is 6.42 Å². The molecule has 2 N–H and O–H groups in total. The van der Waals surface area contributed by atoms with Crippen LogP contribution in [0.2, 0.25) is 0 Å². The first-order valence-corrected chi connectivity index (χ1v) is 3.74. The smallest absolute Gasteiger partial charge is 0.239 e. The Morgan fingerprint density at radius 1 is 1.64 bits per heavy atom. The van der Waals surface area contributed by atoms with Crippen molar-refractivity contribution >= 4 is 5.91 Å². The molecule has 1 saturated heterocycles. The van der Waals surface area contributed by atoms with E-state index in [0.29, 0.717) is 13.0 Å². The zero-order valence-electron chi connectivity index (χ0n) is 6.87. The van der Waals surface area contributed by atoms with Crippen molar-refractivity contribution in [3.05, 3.63) is 0 Å². The standard InChI is InChI=1S/C7H14N2O2/c1-9(2)7(11)6-3-5(10)4-8-6/h5-6,8,10H,3-4H2,1-2H3/t5?,6-/m0/s1. The van der Waals surface area contributed by atoms with Gasteiger partial charge in [-0.15, -0.1) is 0 Å². The van der Waals surface area contributed by atoms with E-state index in [1.165, 1.54) is 4.90 Å². The van der Waals surface area contributed by atoms with E-state index in [2.05, 4.69) is 5.32 Å². The minimum Gasteiger partial charge on any atom is -0.392 e. The number of amides is 1. The lowest BCUT2D eigenvalue weighted by Gasteiger charge is -2.15. The summed E-state index contributed by atoms with van der Waals surface area (Å²) in [6.45, 7) is 0.532. The largest absolute Gasteiger partial charge is 0.392 e. The molecule has 0 saturated carbocycles. The molecule has 0 radical (unpaired) electrons.